The molecule has 0 aromatic heterocycles. The van der Waals surface area contributed by atoms with Crippen molar-refractivity contribution in [2.75, 3.05) is 0 Å². The van der Waals surface area contributed by atoms with Gasteiger partial charge in [-0.2, -0.15) is 0 Å². The molecule has 298 valence electrons. The highest BCUT2D eigenvalue weighted by Crippen LogP contribution is 2.58. The summed E-state index contributed by atoms with van der Waals surface area (Å²) < 4.78 is 0. The van der Waals surface area contributed by atoms with Gasteiger partial charge in [0, 0.05) is 0 Å². The molecule has 0 bridgehead atoms. The molecule has 0 spiro atoms. The lowest BCUT2D eigenvalue weighted by Crippen LogP contribution is -2.28. The van der Waals surface area contributed by atoms with Gasteiger partial charge in [0.05, 0.1) is 5.41 Å². The van der Waals surface area contributed by atoms with Gasteiger partial charge in [0.15, 0.2) is 0 Å². The van der Waals surface area contributed by atoms with Crippen molar-refractivity contribution in [3.8, 4) is 33.4 Å². The Morgan fingerprint density at radius 3 is 0.938 bits per heavy atom. The van der Waals surface area contributed by atoms with Gasteiger partial charge >= 0.3 is 0 Å². The van der Waals surface area contributed by atoms with Gasteiger partial charge in [-0.25, -0.2) is 0 Å². The Hall–Kier alpha value is -8.32. The van der Waals surface area contributed by atoms with Gasteiger partial charge < -0.3 is 0 Å². The molecule has 1 aliphatic rings. The molecule has 14 aromatic carbocycles. The van der Waals surface area contributed by atoms with E-state index in [1.165, 1.54) is 142 Å². The Bertz CT molecular complexity index is 3890. The fraction of sp³-hybridized carbons (Fsp3) is 0.0154. The van der Waals surface area contributed by atoms with Gasteiger partial charge in [0.2, 0.25) is 0 Å². The van der Waals surface area contributed by atoms with E-state index in [2.05, 4.69) is 231 Å². The summed E-state index contributed by atoms with van der Waals surface area (Å²) in [4.78, 5) is 0. The van der Waals surface area contributed by atoms with Crippen molar-refractivity contribution in [2.45, 2.75) is 5.41 Å². The van der Waals surface area contributed by atoms with Gasteiger partial charge in [0.25, 0.3) is 0 Å². The van der Waals surface area contributed by atoms with Crippen LogP contribution in [-0.2, 0) is 5.41 Å². The predicted octanol–water partition coefficient (Wildman–Crippen LogP) is 17.5. The quantitative estimate of drug-likeness (QED) is 0.123. The molecule has 0 saturated carbocycles. The van der Waals surface area contributed by atoms with E-state index in [9.17, 15) is 0 Å². The molecule has 0 amide bonds. The molecule has 0 heteroatoms. The van der Waals surface area contributed by atoms with E-state index in [4.69, 9.17) is 0 Å². The zero-order chi connectivity index (χ0) is 42.4. The van der Waals surface area contributed by atoms with Crippen molar-refractivity contribution in [1.82, 2.24) is 0 Å². The molecule has 14 aromatic rings. The molecule has 0 radical (unpaired) electrons. The minimum Gasteiger partial charge on any atom is -0.0622 e. The van der Waals surface area contributed by atoms with Crippen molar-refractivity contribution < 1.29 is 0 Å². The van der Waals surface area contributed by atoms with Crippen LogP contribution in [0.3, 0.4) is 0 Å². The molecule has 1 aliphatic carbocycles. The van der Waals surface area contributed by atoms with E-state index in [1.807, 2.05) is 0 Å². The van der Waals surface area contributed by atoms with Crippen molar-refractivity contribution in [1.29, 1.82) is 0 Å². The van der Waals surface area contributed by atoms with Crippen molar-refractivity contribution in [2.24, 2.45) is 0 Å². The molecule has 0 N–H and O–H groups in total. The Balaban J connectivity index is 0.993. The first-order valence-electron chi connectivity index (χ1n) is 22.8. The molecule has 15 rings (SSSR count). The molecule has 0 saturated heterocycles. The summed E-state index contributed by atoms with van der Waals surface area (Å²) in [5.41, 5.74) is 12.1. The summed E-state index contributed by atoms with van der Waals surface area (Å²) in [6.07, 6.45) is 0. The summed E-state index contributed by atoms with van der Waals surface area (Å²) in [7, 11) is 0. The molecule has 0 heterocycles. The van der Waals surface area contributed by atoms with Crippen LogP contribution in [0.1, 0.15) is 22.3 Å². The molecule has 0 nitrogen and oxygen atoms in total. The third kappa shape index (κ3) is 4.55. The number of hydrogen-bond acceptors (Lipinski definition) is 0. The second-order valence-corrected chi connectivity index (χ2v) is 18.2. The standard InChI is InChI=1S/C65H38/c1-3-17-43(18-4-1)65(44-19-5-2-6-20-44)59-37-41(45-33-35-57-53-23-9-15-39-13-7-21-51(61(39)53)55-27-11-25-49(45)63(55)57)29-31-47(59)48-32-30-42(38-60(48)65)46-34-36-58-54-24-10-16-40-14-8-22-52(62(40)54)56-28-12-26-50(46)64(56)58/h1-38H. The summed E-state index contributed by atoms with van der Waals surface area (Å²) in [6.45, 7) is 0. The maximum absolute atomic E-state index is 2.52. The minimum absolute atomic E-state index is 0.568. The van der Waals surface area contributed by atoms with E-state index in [1.54, 1.807) is 0 Å². The molecule has 0 fully saturated rings. The number of fused-ring (bicyclic) bond motifs is 7. The Morgan fingerprint density at radius 1 is 0.215 bits per heavy atom. The summed E-state index contributed by atoms with van der Waals surface area (Å²) in [6, 6.07) is 87.4. The lowest BCUT2D eigenvalue weighted by molar-refractivity contribution is 0.769. The summed E-state index contributed by atoms with van der Waals surface area (Å²) in [5.74, 6) is 0. The van der Waals surface area contributed by atoms with Crippen LogP contribution in [0.4, 0.5) is 0 Å². The molecular weight excluding hydrogens is 781 g/mol. The fourth-order valence-corrected chi connectivity index (χ4v) is 12.6. The highest BCUT2D eigenvalue weighted by Gasteiger charge is 2.46. The predicted molar refractivity (Wildman–Crippen MR) is 277 cm³/mol. The second-order valence-electron chi connectivity index (χ2n) is 18.2. The van der Waals surface area contributed by atoms with E-state index >= 15 is 0 Å². The highest BCUT2D eigenvalue weighted by atomic mass is 14.5. The van der Waals surface area contributed by atoms with Gasteiger partial charge in [0.1, 0.15) is 0 Å². The van der Waals surface area contributed by atoms with Crippen LogP contribution in [0, 0.1) is 0 Å². The smallest absolute Gasteiger partial charge is 0.0622 e. The summed E-state index contributed by atoms with van der Waals surface area (Å²) in [5, 5.41) is 21.1. The molecular formula is C65H38. The number of hydrogen-bond donors (Lipinski definition) is 0. The summed E-state index contributed by atoms with van der Waals surface area (Å²) >= 11 is 0. The number of rotatable bonds is 4. The van der Waals surface area contributed by atoms with E-state index in [-0.39, 0.29) is 0 Å². The maximum Gasteiger partial charge on any atom is 0.0713 e. The first kappa shape index (κ1) is 35.2. The average Bonchev–Trinajstić information content (AvgIpc) is 3.67. The Kier molecular flexibility index (Phi) is 6.97. The Morgan fingerprint density at radius 2 is 0.538 bits per heavy atom. The lowest BCUT2D eigenvalue weighted by Gasteiger charge is -2.34. The van der Waals surface area contributed by atoms with Crippen LogP contribution >= 0.6 is 0 Å². The van der Waals surface area contributed by atoms with E-state index in [0.29, 0.717) is 0 Å². The largest absolute Gasteiger partial charge is 0.0713 e. The van der Waals surface area contributed by atoms with Gasteiger partial charge in [-0.05, 0) is 154 Å². The monoisotopic (exact) mass is 818 g/mol. The second kappa shape index (κ2) is 12.9. The lowest BCUT2D eigenvalue weighted by atomic mass is 9.67. The first-order valence-corrected chi connectivity index (χ1v) is 22.8. The zero-order valence-electron chi connectivity index (χ0n) is 35.4. The molecule has 0 unspecified atom stereocenters. The topological polar surface area (TPSA) is 0 Å². The van der Waals surface area contributed by atoms with Gasteiger partial charge in [-0.15, -0.1) is 0 Å². The van der Waals surface area contributed by atoms with Crippen LogP contribution in [0.25, 0.3) is 120 Å². The third-order valence-corrected chi connectivity index (χ3v) is 15.2. The molecule has 0 aliphatic heterocycles. The van der Waals surface area contributed by atoms with Crippen molar-refractivity contribution in [3.63, 3.8) is 0 Å². The van der Waals surface area contributed by atoms with Crippen LogP contribution < -0.4 is 0 Å². The van der Waals surface area contributed by atoms with Gasteiger partial charge in [-0.3, -0.25) is 0 Å². The van der Waals surface area contributed by atoms with Gasteiger partial charge in [-0.1, -0.05) is 218 Å². The minimum atomic E-state index is -0.568. The SMILES string of the molecule is c1ccc(C2(c3ccccc3)c3cc(-c4ccc5c6cccc7cccc(c8cccc4c85)c76)ccc3-c3ccc(-c4ccc5c6cccc7cccc(c8cccc4c85)c76)cc32)cc1. The first-order chi connectivity index (χ1) is 32.3. The van der Waals surface area contributed by atoms with Crippen LogP contribution in [0.15, 0.2) is 231 Å². The van der Waals surface area contributed by atoms with Crippen LogP contribution in [0.5, 0.6) is 0 Å². The fourth-order valence-electron chi connectivity index (χ4n) is 12.6. The van der Waals surface area contributed by atoms with Crippen LogP contribution in [0.2, 0.25) is 0 Å². The van der Waals surface area contributed by atoms with Crippen LogP contribution in [-0.4, -0.2) is 0 Å². The molecule has 65 heavy (non-hydrogen) atoms. The zero-order valence-corrected chi connectivity index (χ0v) is 35.4. The van der Waals surface area contributed by atoms with E-state index < -0.39 is 5.41 Å². The van der Waals surface area contributed by atoms with Crippen molar-refractivity contribution in [3.05, 3.63) is 253 Å². The number of benzene rings is 14. The Labute approximate surface area is 375 Å². The average molecular weight is 819 g/mol. The third-order valence-electron chi connectivity index (χ3n) is 15.2. The molecule has 0 atom stereocenters. The highest BCUT2D eigenvalue weighted by molar-refractivity contribution is 6.35. The van der Waals surface area contributed by atoms with E-state index in [0.717, 1.165) is 0 Å². The van der Waals surface area contributed by atoms with Crippen molar-refractivity contribution >= 4 is 86.2 Å². The normalized spacial score (nSPS) is 13.4. The maximum atomic E-state index is 2.52.